The van der Waals surface area contributed by atoms with Crippen molar-refractivity contribution in [1.82, 2.24) is 0 Å². The number of para-hydroxylation sites is 1. The molecule has 150 valence electrons. The molecule has 0 bridgehead atoms. The molecule has 0 unspecified atom stereocenters. The number of hydrogen-bond acceptors (Lipinski definition) is 3. The van der Waals surface area contributed by atoms with Crippen LogP contribution in [-0.4, -0.2) is 31.4 Å². The molecule has 28 heavy (non-hydrogen) atoms. The summed E-state index contributed by atoms with van der Waals surface area (Å²) in [6.07, 6.45) is 0. The number of anilines is 3. The van der Waals surface area contributed by atoms with Crippen LogP contribution in [0.5, 0.6) is 0 Å². The third-order valence-corrected chi connectivity index (χ3v) is 4.99. The maximum Gasteiger partial charge on any atom is 0.242 e. The predicted molar refractivity (Wildman–Crippen MR) is 117 cm³/mol. The van der Waals surface area contributed by atoms with Gasteiger partial charge in [-0.05, 0) is 71.0 Å². The molecule has 2 rings (SSSR count). The van der Waals surface area contributed by atoms with Gasteiger partial charge in [-0.2, -0.15) is 0 Å². The second-order valence-electron chi connectivity index (χ2n) is 7.18. The van der Waals surface area contributed by atoms with E-state index in [2.05, 4.69) is 24.1 Å². The first-order valence-electron chi connectivity index (χ1n) is 9.88. The van der Waals surface area contributed by atoms with Crippen LogP contribution >= 0.6 is 0 Å². The Bertz CT molecular complexity index is 781. The molecule has 0 saturated heterocycles. The topological polar surface area (TPSA) is 52.7 Å². The first-order valence-corrected chi connectivity index (χ1v) is 9.88. The van der Waals surface area contributed by atoms with Gasteiger partial charge in [0.2, 0.25) is 11.8 Å². The summed E-state index contributed by atoms with van der Waals surface area (Å²) in [5, 5.41) is 2.89. The molecule has 2 aromatic rings. The molecule has 0 aromatic heterocycles. The van der Waals surface area contributed by atoms with Crippen molar-refractivity contribution < 1.29 is 9.59 Å². The minimum Gasteiger partial charge on any atom is -0.372 e. The number of nitrogens with zero attached hydrogens (tertiary/aromatic N) is 2. The molecule has 0 fully saturated rings. The SMILES string of the molecule is CCN(CC)c1ccc(NC(=O)C(C)(C)C(=O)N(CC)c2ccccc2)cc1. The Balaban J connectivity index is 2.14. The first-order chi connectivity index (χ1) is 13.3. The van der Waals surface area contributed by atoms with Gasteiger partial charge in [0, 0.05) is 36.7 Å². The van der Waals surface area contributed by atoms with Crippen LogP contribution in [0.1, 0.15) is 34.6 Å². The molecule has 0 radical (unpaired) electrons. The van der Waals surface area contributed by atoms with Gasteiger partial charge in [0.05, 0.1) is 0 Å². The lowest BCUT2D eigenvalue weighted by atomic mass is 9.89. The number of rotatable bonds is 8. The van der Waals surface area contributed by atoms with Gasteiger partial charge >= 0.3 is 0 Å². The summed E-state index contributed by atoms with van der Waals surface area (Å²) in [6.45, 7) is 11.8. The third-order valence-electron chi connectivity index (χ3n) is 4.99. The van der Waals surface area contributed by atoms with Crippen LogP contribution in [0.25, 0.3) is 0 Å². The van der Waals surface area contributed by atoms with Crippen molar-refractivity contribution in [3.05, 3.63) is 54.6 Å². The van der Waals surface area contributed by atoms with Gasteiger partial charge in [-0.25, -0.2) is 0 Å². The Morgan fingerprint density at radius 2 is 1.39 bits per heavy atom. The van der Waals surface area contributed by atoms with Crippen molar-refractivity contribution >= 4 is 28.9 Å². The minimum absolute atomic E-state index is 0.224. The van der Waals surface area contributed by atoms with Crippen LogP contribution in [0.2, 0.25) is 0 Å². The lowest BCUT2D eigenvalue weighted by Crippen LogP contribution is -2.47. The van der Waals surface area contributed by atoms with Gasteiger partial charge in [0.25, 0.3) is 0 Å². The molecule has 0 saturated carbocycles. The summed E-state index contributed by atoms with van der Waals surface area (Å²) in [7, 11) is 0. The summed E-state index contributed by atoms with van der Waals surface area (Å²) in [5.74, 6) is -0.541. The summed E-state index contributed by atoms with van der Waals surface area (Å²) in [6, 6.07) is 17.1. The molecule has 2 aromatic carbocycles. The van der Waals surface area contributed by atoms with E-state index in [-0.39, 0.29) is 11.8 Å². The van der Waals surface area contributed by atoms with E-state index in [1.165, 1.54) is 0 Å². The van der Waals surface area contributed by atoms with E-state index in [1.807, 2.05) is 61.5 Å². The van der Waals surface area contributed by atoms with Crippen molar-refractivity contribution in [2.75, 3.05) is 34.8 Å². The average Bonchev–Trinajstić information content (AvgIpc) is 2.71. The zero-order valence-electron chi connectivity index (χ0n) is 17.5. The second-order valence-corrected chi connectivity index (χ2v) is 7.18. The van der Waals surface area contributed by atoms with Gasteiger partial charge in [-0.1, -0.05) is 18.2 Å². The van der Waals surface area contributed by atoms with E-state index in [4.69, 9.17) is 0 Å². The van der Waals surface area contributed by atoms with E-state index in [0.29, 0.717) is 12.2 Å². The molecule has 0 aliphatic rings. The fourth-order valence-corrected chi connectivity index (χ4v) is 3.12. The number of nitrogens with one attached hydrogen (secondary N) is 1. The molecule has 0 heterocycles. The molecule has 1 N–H and O–H groups in total. The van der Waals surface area contributed by atoms with Crippen LogP contribution in [0, 0.1) is 5.41 Å². The van der Waals surface area contributed by atoms with Crippen LogP contribution in [0.3, 0.4) is 0 Å². The monoisotopic (exact) mass is 381 g/mol. The van der Waals surface area contributed by atoms with E-state index >= 15 is 0 Å². The van der Waals surface area contributed by atoms with Gasteiger partial charge in [0.1, 0.15) is 5.41 Å². The Kier molecular flexibility index (Phi) is 7.21. The standard InChI is InChI=1S/C23H31N3O2/c1-6-25(7-2)19-16-14-18(15-17-19)24-21(27)23(4,5)22(28)26(8-3)20-12-10-9-11-13-20/h9-17H,6-8H2,1-5H3,(H,24,27). The molecule has 0 aliphatic carbocycles. The van der Waals surface area contributed by atoms with Crippen LogP contribution in [0.15, 0.2) is 54.6 Å². The first kappa shape index (κ1) is 21.5. The van der Waals surface area contributed by atoms with Gasteiger partial charge in [-0.3, -0.25) is 9.59 Å². The number of carbonyl (C=O) groups excluding carboxylic acids is 2. The lowest BCUT2D eigenvalue weighted by molar-refractivity contribution is -0.136. The normalized spacial score (nSPS) is 11.0. The second kappa shape index (κ2) is 9.40. The van der Waals surface area contributed by atoms with Gasteiger partial charge in [-0.15, -0.1) is 0 Å². The van der Waals surface area contributed by atoms with Gasteiger partial charge < -0.3 is 15.1 Å². The summed E-state index contributed by atoms with van der Waals surface area (Å²) >= 11 is 0. The van der Waals surface area contributed by atoms with Crippen molar-refractivity contribution in [3.63, 3.8) is 0 Å². The highest BCUT2D eigenvalue weighted by Crippen LogP contribution is 2.26. The highest BCUT2D eigenvalue weighted by molar-refractivity contribution is 6.14. The molecule has 0 aliphatic heterocycles. The Morgan fingerprint density at radius 3 is 1.89 bits per heavy atom. The van der Waals surface area contributed by atoms with E-state index in [1.54, 1.807) is 18.7 Å². The van der Waals surface area contributed by atoms with Crippen molar-refractivity contribution in [2.45, 2.75) is 34.6 Å². The molecule has 5 nitrogen and oxygen atoms in total. The smallest absolute Gasteiger partial charge is 0.242 e. The van der Waals surface area contributed by atoms with Crippen LogP contribution in [0.4, 0.5) is 17.1 Å². The maximum absolute atomic E-state index is 13.1. The van der Waals surface area contributed by atoms with Crippen molar-refractivity contribution in [3.8, 4) is 0 Å². The maximum atomic E-state index is 13.1. The minimum atomic E-state index is -1.19. The molecule has 0 atom stereocenters. The zero-order valence-corrected chi connectivity index (χ0v) is 17.5. The number of carbonyl (C=O) groups is 2. The molecule has 0 spiro atoms. The summed E-state index contributed by atoms with van der Waals surface area (Å²) in [5.41, 5.74) is 1.40. The van der Waals surface area contributed by atoms with Crippen molar-refractivity contribution in [1.29, 1.82) is 0 Å². The molecular formula is C23H31N3O2. The average molecular weight is 382 g/mol. The van der Waals surface area contributed by atoms with Gasteiger partial charge in [0.15, 0.2) is 0 Å². The van der Waals surface area contributed by atoms with E-state index < -0.39 is 5.41 Å². The predicted octanol–water partition coefficient (Wildman–Crippen LogP) is 4.55. The molecule has 2 amide bonds. The van der Waals surface area contributed by atoms with Crippen LogP contribution < -0.4 is 15.1 Å². The number of amides is 2. The highest BCUT2D eigenvalue weighted by atomic mass is 16.2. The fourth-order valence-electron chi connectivity index (χ4n) is 3.12. The highest BCUT2D eigenvalue weighted by Gasteiger charge is 2.39. The Morgan fingerprint density at radius 1 is 0.821 bits per heavy atom. The fraction of sp³-hybridized carbons (Fsp3) is 0.391. The molecule has 5 heteroatoms. The van der Waals surface area contributed by atoms with Crippen LogP contribution in [-0.2, 0) is 9.59 Å². The third kappa shape index (κ3) is 4.71. The number of benzene rings is 2. The lowest BCUT2D eigenvalue weighted by Gasteiger charge is -2.30. The largest absolute Gasteiger partial charge is 0.372 e. The summed E-state index contributed by atoms with van der Waals surface area (Å²) < 4.78 is 0. The Hall–Kier alpha value is -2.82. The zero-order chi connectivity index (χ0) is 20.7. The molecular weight excluding hydrogens is 350 g/mol. The summed E-state index contributed by atoms with van der Waals surface area (Å²) in [4.78, 5) is 29.9. The number of hydrogen-bond donors (Lipinski definition) is 1. The Labute approximate surface area is 168 Å². The van der Waals surface area contributed by atoms with E-state index in [9.17, 15) is 9.59 Å². The quantitative estimate of drug-likeness (QED) is 0.683. The van der Waals surface area contributed by atoms with Crippen molar-refractivity contribution in [2.24, 2.45) is 5.41 Å². The van der Waals surface area contributed by atoms with E-state index in [0.717, 1.165) is 24.5 Å².